The van der Waals surface area contributed by atoms with Gasteiger partial charge in [-0.15, -0.1) is 0 Å². The Morgan fingerprint density at radius 1 is 0.844 bits per heavy atom. The van der Waals surface area contributed by atoms with Crippen LogP contribution in [0.2, 0.25) is 0 Å². The Balaban J connectivity index is 1.99. The molecule has 0 fully saturated rings. The minimum Gasteiger partial charge on any atom is -0.397 e. The van der Waals surface area contributed by atoms with Gasteiger partial charge in [0.25, 0.3) is 10.1 Å². The topological polar surface area (TPSA) is 153 Å². The average Bonchev–Trinajstić information content (AvgIpc) is 2.71. The molecule has 164 valence electrons. The van der Waals surface area contributed by atoms with Crippen LogP contribution < -0.4 is 16.8 Å². The molecular weight excluding hydrogens is 566 g/mol. The number of carbonyl (C=O) groups is 2. The third-order valence-corrected chi connectivity index (χ3v) is 7.36. The van der Waals surface area contributed by atoms with E-state index in [2.05, 4.69) is 37.2 Å². The lowest BCUT2D eigenvalue weighted by molar-refractivity contribution is 0.0981. The molecule has 0 saturated carbocycles. The normalized spacial score (nSPS) is 13.0. The Morgan fingerprint density at radius 3 is 2.16 bits per heavy atom. The van der Waals surface area contributed by atoms with E-state index in [4.69, 9.17) is 11.5 Å². The van der Waals surface area contributed by atoms with Crippen molar-refractivity contribution < 1.29 is 22.6 Å². The number of nitrogens with two attached hydrogens (primary N) is 2. The van der Waals surface area contributed by atoms with Gasteiger partial charge in [-0.05, 0) is 74.7 Å². The SMILES string of the molecule is Cc1ccc(Nc2cc(Br)c(N)c3c2C(=O)c2c(ccc(Br)c2N)C3=O)c(S(=O)(=O)O)c1. The van der Waals surface area contributed by atoms with Crippen LogP contribution in [0, 0.1) is 6.92 Å². The standard InChI is InChI=1S/C21H15Br2N3O5S/c1-8-2-5-12(14(6-8)32(29,30)31)26-13-7-11(23)19(25)17-16(13)21(28)15-9(20(17)27)3-4-10(22)18(15)24/h2-7,26H,24-25H2,1H3,(H,29,30,31). The summed E-state index contributed by atoms with van der Waals surface area (Å²) >= 11 is 6.56. The fraction of sp³-hybridized carbons (Fsp3) is 0.0476. The van der Waals surface area contributed by atoms with Crippen LogP contribution in [0.4, 0.5) is 22.7 Å². The molecule has 0 radical (unpaired) electrons. The molecule has 3 aromatic carbocycles. The molecule has 6 N–H and O–H groups in total. The van der Waals surface area contributed by atoms with Crippen molar-refractivity contribution in [1.29, 1.82) is 0 Å². The highest BCUT2D eigenvalue weighted by Crippen LogP contribution is 2.43. The van der Waals surface area contributed by atoms with E-state index in [0.717, 1.165) is 0 Å². The number of aryl methyl sites for hydroxylation is 1. The highest BCUT2D eigenvalue weighted by atomic mass is 79.9. The number of rotatable bonds is 3. The monoisotopic (exact) mass is 579 g/mol. The van der Waals surface area contributed by atoms with Gasteiger partial charge in [-0.3, -0.25) is 14.1 Å². The Bertz CT molecular complexity index is 1470. The van der Waals surface area contributed by atoms with Gasteiger partial charge in [0, 0.05) is 14.5 Å². The summed E-state index contributed by atoms with van der Waals surface area (Å²) in [4.78, 5) is 26.4. The van der Waals surface area contributed by atoms with E-state index in [1.54, 1.807) is 19.1 Å². The van der Waals surface area contributed by atoms with Crippen LogP contribution in [0.1, 0.15) is 37.4 Å². The molecule has 3 aromatic rings. The second-order valence-electron chi connectivity index (χ2n) is 7.21. The maximum Gasteiger partial charge on any atom is 0.296 e. The zero-order valence-electron chi connectivity index (χ0n) is 16.4. The molecule has 0 heterocycles. The number of nitrogen functional groups attached to an aromatic ring is 2. The molecule has 0 amide bonds. The van der Waals surface area contributed by atoms with E-state index >= 15 is 0 Å². The minimum atomic E-state index is -4.58. The van der Waals surface area contributed by atoms with Crippen LogP contribution in [0.3, 0.4) is 0 Å². The number of anilines is 4. The Hall–Kier alpha value is -2.73. The van der Waals surface area contributed by atoms with Crippen molar-refractivity contribution in [2.24, 2.45) is 0 Å². The number of hydrogen-bond acceptors (Lipinski definition) is 7. The molecule has 1 aliphatic carbocycles. The third kappa shape index (κ3) is 3.51. The molecule has 32 heavy (non-hydrogen) atoms. The smallest absolute Gasteiger partial charge is 0.296 e. The molecule has 0 saturated heterocycles. The first-order valence-electron chi connectivity index (χ1n) is 9.06. The van der Waals surface area contributed by atoms with Crippen molar-refractivity contribution in [3.05, 3.63) is 73.2 Å². The number of ketones is 2. The van der Waals surface area contributed by atoms with Crippen LogP contribution in [-0.2, 0) is 10.1 Å². The molecule has 1 aliphatic rings. The summed E-state index contributed by atoms with van der Waals surface area (Å²) in [6.45, 7) is 1.67. The van der Waals surface area contributed by atoms with Gasteiger partial charge in [0.1, 0.15) is 4.90 Å². The maximum absolute atomic E-state index is 13.5. The van der Waals surface area contributed by atoms with Crippen LogP contribution in [0.15, 0.2) is 50.2 Å². The molecule has 8 nitrogen and oxygen atoms in total. The second kappa shape index (κ2) is 7.69. The number of carbonyl (C=O) groups excluding carboxylic acids is 2. The summed E-state index contributed by atoms with van der Waals surface area (Å²) in [6.07, 6.45) is 0. The predicted molar refractivity (Wildman–Crippen MR) is 128 cm³/mol. The zero-order valence-corrected chi connectivity index (χ0v) is 20.4. The Labute approximate surface area is 200 Å². The number of fused-ring (bicyclic) bond motifs is 2. The van der Waals surface area contributed by atoms with Crippen LogP contribution in [0.25, 0.3) is 0 Å². The minimum absolute atomic E-state index is 0.0187. The van der Waals surface area contributed by atoms with Gasteiger partial charge in [0.2, 0.25) is 0 Å². The van der Waals surface area contributed by atoms with Crippen molar-refractivity contribution >= 4 is 76.3 Å². The molecule has 11 heteroatoms. The van der Waals surface area contributed by atoms with E-state index in [-0.39, 0.29) is 49.9 Å². The summed E-state index contributed by atoms with van der Waals surface area (Å²) in [6, 6.07) is 8.89. The molecule has 0 aliphatic heterocycles. The lowest BCUT2D eigenvalue weighted by atomic mass is 9.81. The third-order valence-electron chi connectivity index (χ3n) is 5.12. The Kier molecular flexibility index (Phi) is 5.40. The first-order chi connectivity index (χ1) is 14.9. The number of nitrogens with one attached hydrogen (secondary N) is 1. The van der Waals surface area contributed by atoms with E-state index < -0.39 is 21.7 Å². The van der Waals surface area contributed by atoms with E-state index in [1.165, 1.54) is 24.3 Å². The van der Waals surface area contributed by atoms with Gasteiger partial charge in [0.15, 0.2) is 11.6 Å². The average molecular weight is 581 g/mol. The molecule has 0 unspecified atom stereocenters. The van der Waals surface area contributed by atoms with Crippen LogP contribution in [-0.4, -0.2) is 24.5 Å². The first kappa shape index (κ1) is 22.5. The molecule has 0 aromatic heterocycles. The van der Waals surface area contributed by atoms with Crippen molar-refractivity contribution in [2.75, 3.05) is 16.8 Å². The fourth-order valence-electron chi connectivity index (χ4n) is 3.61. The highest BCUT2D eigenvalue weighted by Gasteiger charge is 2.36. The summed E-state index contributed by atoms with van der Waals surface area (Å²) in [5.74, 6) is -1.04. The van der Waals surface area contributed by atoms with E-state index in [1.807, 2.05) is 0 Å². The quantitative estimate of drug-likeness (QED) is 0.205. The van der Waals surface area contributed by atoms with E-state index in [9.17, 15) is 22.6 Å². The van der Waals surface area contributed by atoms with E-state index in [0.29, 0.717) is 14.5 Å². The fourth-order valence-corrected chi connectivity index (χ4v) is 5.10. The Morgan fingerprint density at radius 2 is 1.50 bits per heavy atom. The maximum atomic E-state index is 13.5. The van der Waals surface area contributed by atoms with Gasteiger partial charge in [-0.2, -0.15) is 8.42 Å². The van der Waals surface area contributed by atoms with Gasteiger partial charge in [-0.1, -0.05) is 6.07 Å². The lowest BCUT2D eigenvalue weighted by Gasteiger charge is -2.24. The summed E-state index contributed by atoms with van der Waals surface area (Å²) in [5.41, 5.74) is 13.2. The van der Waals surface area contributed by atoms with Gasteiger partial charge >= 0.3 is 0 Å². The summed E-state index contributed by atoms with van der Waals surface area (Å²) < 4.78 is 34.3. The number of benzene rings is 3. The van der Waals surface area contributed by atoms with Crippen molar-refractivity contribution in [3.63, 3.8) is 0 Å². The van der Waals surface area contributed by atoms with Gasteiger partial charge in [0.05, 0.1) is 39.4 Å². The molecule has 0 spiro atoms. The van der Waals surface area contributed by atoms with Crippen molar-refractivity contribution in [2.45, 2.75) is 11.8 Å². The van der Waals surface area contributed by atoms with Crippen LogP contribution >= 0.6 is 31.9 Å². The predicted octanol–water partition coefficient (Wildman–Crippen LogP) is 4.45. The van der Waals surface area contributed by atoms with Gasteiger partial charge < -0.3 is 16.8 Å². The second-order valence-corrected chi connectivity index (χ2v) is 10.3. The van der Waals surface area contributed by atoms with Crippen molar-refractivity contribution in [3.8, 4) is 0 Å². The summed E-state index contributed by atoms with van der Waals surface area (Å²) in [7, 11) is -4.58. The van der Waals surface area contributed by atoms with Gasteiger partial charge in [-0.25, -0.2) is 0 Å². The first-order valence-corrected chi connectivity index (χ1v) is 12.1. The van der Waals surface area contributed by atoms with Crippen molar-refractivity contribution in [1.82, 2.24) is 0 Å². The highest BCUT2D eigenvalue weighted by molar-refractivity contribution is 9.11. The molecule has 0 bridgehead atoms. The summed E-state index contributed by atoms with van der Waals surface area (Å²) in [5, 5.41) is 2.87. The molecule has 4 rings (SSSR count). The number of halogens is 2. The largest absolute Gasteiger partial charge is 0.397 e. The lowest BCUT2D eigenvalue weighted by Crippen LogP contribution is -2.25. The molecule has 0 atom stereocenters. The molecular formula is C21H15Br2N3O5S. The number of hydrogen-bond donors (Lipinski definition) is 4. The zero-order chi connectivity index (χ0) is 23.5. The van der Waals surface area contributed by atoms with Crippen LogP contribution in [0.5, 0.6) is 0 Å².